The maximum absolute atomic E-state index is 12.0. The van der Waals surface area contributed by atoms with Gasteiger partial charge in [-0.05, 0) is 48.5 Å². The van der Waals surface area contributed by atoms with Gasteiger partial charge in [0.2, 0.25) is 10.0 Å². The van der Waals surface area contributed by atoms with Gasteiger partial charge >= 0.3 is 5.97 Å². The first-order valence-electron chi connectivity index (χ1n) is 7.71. The standard InChI is InChI=1S/C17H16ClN3O5S/c1-26-16(22)17(23)10-21(13-6-8-14(9-7-13)27(19,24)25)15(20-17)11-2-4-12(18)5-3-11/h2-9,23H,10H2,1H3,(H2,19,24,25). The zero-order valence-electron chi connectivity index (χ0n) is 14.2. The van der Waals surface area contributed by atoms with Crippen LogP contribution in [-0.4, -0.2) is 44.7 Å². The molecule has 27 heavy (non-hydrogen) atoms. The highest BCUT2D eigenvalue weighted by Crippen LogP contribution is 2.30. The van der Waals surface area contributed by atoms with Crippen LogP contribution in [0.4, 0.5) is 5.69 Å². The zero-order chi connectivity index (χ0) is 19.8. The number of nitrogens with two attached hydrogens (primary N) is 1. The second-order valence-electron chi connectivity index (χ2n) is 5.88. The van der Waals surface area contributed by atoms with Crippen molar-refractivity contribution < 1.29 is 23.1 Å². The summed E-state index contributed by atoms with van der Waals surface area (Å²) in [6.07, 6.45) is 0. The fourth-order valence-corrected chi connectivity index (χ4v) is 3.33. The molecule has 0 saturated carbocycles. The minimum absolute atomic E-state index is 0.0568. The van der Waals surface area contributed by atoms with Gasteiger partial charge in [-0.1, -0.05) is 11.6 Å². The van der Waals surface area contributed by atoms with E-state index in [1.54, 1.807) is 29.2 Å². The summed E-state index contributed by atoms with van der Waals surface area (Å²) in [4.78, 5) is 17.7. The van der Waals surface area contributed by atoms with Crippen LogP contribution in [0.1, 0.15) is 5.56 Å². The van der Waals surface area contributed by atoms with Crippen LogP contribution in [0.5, 0.6) is 0 Å². The third kappa shape index (κ3) is 3.81. The number of β-amino-alcohol motifs (C(OH)–C–C–N with tert-alkyl or cyclic N) is 1. The van der Waals surface area contributed by atoms with Crippen LogP contribution in [0.25, 0.3) is 0 Å². The molecule has 1 atom stereocenters. The van der Waals surface area contributed by atoms with Gasteiger partial charge in [0, 0.05) is 16.3 Å². The fraction of sp³-hybridized carbons (Fsp3) is 0.176. The van der Waals surface area contributed by atoms with E-state index in [2.05, 4.69) is 9.73 Å². The number of aliphatic hydroxyl groups is 1. The quantitative estimate of drug-likeness (QED) is 0.729. The second-order valence-corrected chi connectivity index (χ2v) is 7.87. The number of methoxy groups -OCH3 is 1. The lowest BCUT2D eigenvalue weighted by atomic mass is 10.1. The van der Waals surface area contributed by atoms with Crippen molar-refractivity contribution in [2.24, 2.45) is 10.1 Å². The number of esters is 1. The van der Waals surface area contributed by atoms with E-state index < -0.39 is 21.7 Å². The number of benzene rings is 2. The molecule has 0 aromatic heterocycles. The molecule has 2 aromatic carbocycles. The third-order valence-electron chi connectivity index (χ3n) is 4.02. The Bertz CT molecular complexity index is 1010. The van der Waals surface area contributed by atoms with E-state index in [4.69, 9.17) is 16.7 Å². The smallest absolute Gasteiger partial charge is 0.363 e. The fourth-order valence-electron chi connectivity index (χ4n) is 2.69. The Kier molecular flexibility index (Phi) is 4.96. The van der Waals surface area contributed by atoms with Crippen molar-refractivity contribution in [3.8, 4) is 0 Å². The van der Waals surface area contributed by atoms with Crippen molar-refractivity contribution in [2.45, 2.75) is 10.6 Å². The number of primary sulfonamides is 1. The Morgan fingerprint density at radius 2 is 1.81 bits per heavy atom. The van der Waals surface area contributed by atoms with Crippen LogP contribution < -0.4 is 10.0 Å². The maximum atomic E-state index is 12.0. The van der Waals surface area contributed by atoms with Crippen molar-refractivity contribution in [1.29, 1.82) is 0 Å². The maximum Gasteiger partial charge on any atom is 0.363 e. The van der Waals surface area contributed by atoms with Crippen LogP contribution in [0.3, 0.4) is 0 Å². The Hall–Kier alpha value is -2.46. The molecular weight excluding hydrogens is 394 g/mol. The number of ether oxygens (including phenoxy) is 1. The number of carbonyl (C=O) groups is 1. The molecular formula is C17H16ClN3O5S. The summed E-state index contributed by atoms with van der Waals surface area (Å²) < 4.78 is 27.5. The second kappa shape index (κ2) is 6.93. The van der Waals surface area contributed by atoms with E-state index in [-0.39, 0.29) is 11.4 Å². The van der Waals surface area contributed by atoms with Crippen LogP contribution >= 0.6 is 11.6 Å². The lowest BCUT2D eigenvalue weighted by Gasteiger charge is -2.23. The Balaban J connectivity index is 2.06. The molecule has 10 heteroatoms. The number of amidine groups is 1. The van der Waals surface area contributed by atoms with Crippen LogP contribution in [0, 0.1) is 0 Å². The molecule has 1 aliphatic rings. The molecule has 3 N–H and O–H groups in total. The predicted molar refractivity (Wildman–Crippen MR) is 100 cm³/mol. The summed E-state index contributed by atoms with van der Waals surface area (Å²) in [5.41, 5.74) is -0.979. The highest BCUT2D eigenvalue weighted by Gasteiger charge is 2.46. The molecule has 0 spiro atoms. The van der Waals surface area contributed by atoms with E-state index >= 15 is 0 Å². The van der Waals surface area contributed by atoms with Crippen LogP contribution in [0.15, 0.2) is 58.4 Å². The van der Waals surface area contributed by atoms with Crippen molar-refractivity contribution >= 4 is 39.1 Å². The van der Waals surface area contributed by atoms with E-state index in [0.29, 0.717) is 22.1 Å². The number of halogens is 1. The molecule has 3 rings (SSSR count). The Labute approximate surface area is 160 Å². The molecule has 1 unspecified atom stereocenters. The largest absolute Gasteiger partial charge is 0.465 e. The van der Waals surface area contributed by atoms with Gasteiger partial charge in [-0.15, -0.1) is 0 Å². The first kappa shape index (κ1) is 19.3. The van der Waals surface area contributed by atoms with E-state index in [9.17, 15) is 18.3 Å². The molecule has 8 nitrogen and oxygen atoms in total. The topological polar surface area (TPSA) is 122 Å². The van der Waals surface area contributed by atoms with Crippen molar-refractivity contribution in [2.75, 3.05) is 18.6 Å². The van der Waals surface area contributed by atoms with Crippen molar-refractivity contribution in [3.63, 3.8) is 0 Å². The van der Waals surface area contributed by atoms with Gasteiger partial charge in [0.05, 0.1) is 18.6 Å². The first-order chi connectivity index (χ1) is 12.6. The summed E-state index contributed by atoms with van der Waals surface area (Å²) in [6.45, 7) is -0.202. The summed E-state index contributed by atoms with van der Waals surface area (Å²) in [5, 5.41) is 16.2. The normalized spacial score (nSPS) is 19.7. The molecule has 0 radical (unpaired) electrons. The van der Waals surface area contributed by atoms with Crippen LogP contribution in [-0.2, 0) is 19.6 Å². The first-order valence-corrected chi connectivity index (χ1v) is 9.63. The molecule has 0 fully saturated rings. The summed E-state index contributed by atoms with van der Waals surface area (Å²) in [5.74, 6) is -0.597. The van der Waals surface area contributed by atoms with Crippen molar-refractivity contribution in [3.05, 3.63) is 59.1 Å². The predicted octanol–water partition coefficient (Wildman–Crippen LogP) is 1.12. The third-order valence-corrected chi connectivity index (χ3v) is 5.20. The summed E-state index contributed by atoms with van der Waals surface area (Å²) in [6, 6.07) is 12.4. The van der Waals surface area contributed by atoms with Gasteiger partial charge in [0.1, 0.15) is 5.84 Å². The monoisotopic (exact) mass is 409 g/mol. The lowest BCUT2D eigenvalue weighted by Crippen LogP contribution is -2.43. The lowest BCUT2D eigenvalue weighted by molar-refractivity contribution is -0.159. The van der Waals surface area contributed by atoms with Crippen LogP contribution in [0.2, 0.25) is 5.02 Å². The van der Waals surface area contributed by atoms with Crippen molar-refractivity contribution in [1.82, 2.24) is 0 Å². The minimum Gasteiger partial charge on any atom is -0.465 e. The number of sulfonamides is 1. The molecule has 1 heterocycles. The number of aliphatic imine (C=N–C) groups is 1. The molecule has 0 saturated heterocycles. The Morgan fingerprint density at radius 3 is 2.33 bits per heavy atom. The average Bonchev–Trinajstić information content (AvgIpc) is 3.00. The van der Waals surface area contributed by atoms with Gasteiger partial charge in [-0.2, -0.15) is 0 Å². The van der Waals surface area contributed by atoms with E-state index in [1.807, 2.05) is 0 Å². The molecule has 0 amide bonds. The number of nitrogens with zero attached hydrogens (tertiary/aromatic N) is 2. The van der Waals surface area contributed by atoms with E-state index in [0.717, 1.165) is 7.11 Å². The van der Waals surface area contributed by atoms with E-state index in [1.165, 1.54) is 24.3 Å². The highest BCUT2D eigenvalue weighted by molar-refractivity contribution is 7.89. The molecule has 142 valence electrons. The summed E-state index contributed by atoms with van der Waals surface area (Å²) >= 11 is 5.92. The minimum atomic E-state index is -3.84. The zero-order valence-corrected chi connectivity index (χ0v) is 15.7. The molecule has 0 bridgehead atoms. The highest BCUT2D eigenvalue weighted by atomic mass is 35.5. The number of rotatable bonds is 4. The average molecular weight is 410 g/mol. The van der Waals surface area contributed by atoms with Gasteiger partial charge in [0.25, 0.3) is 5.72 Å². The molecule has 0 aliphatic carbocycles. The Morgan fingerprint density at radius 1 is 1.22 bits per heavy atom. The number of anilines is 1. The molecule has 1 aliphatic heterocycles. The number of hydrogen-bond donors (Lipinski definition) is 2. The number of hydrogen-bond acceptors (Lipinski definition) is 7. The SMILES string of the molecule is COC(=O)C1(O)CN(c2ccc(S(N)(=O)=O)cc2)C(c2ccc(Cl)cc2)=N1. The van der Waals surface area contributed by atoms with Gasteiger partial charge < -0.3 is 14.7 Å². The molecule has 2 aromatic rings. The summed E-state index contributed by atoms with van der Waals surface area (Å²) in [7, 11) is -2.69. The number of carbonyl (C=O) groups excluding carboxylic acids is 1. The van der Waals surface area contributed by atoms with Gasteiger partial charge in [0.15, 0.2) is 0 Å². The van der Waals surface area contributed by atoms with Gasteiger partial charge in [-0.25, -0.2) is 23.3 Å². The van der Waals surface area contributed by atoms with Gasteiger partial charge in [-0.3, -0.25) is 0 Å².